The molecular formula is C15H24N2O2. The number of carbonyl (C=O) groups is 1. The fraction of sp³-hybridized carbons (Fsp3) is 0.800. The van der Waals surface area contributed by atoms with Crippen LogP contribution in [-0.2, 0) is 9.53 Å². The number of morpholine rings is 1. The minimum atomic E-state index is -0.167. The maximum absolute atomic E-state index is 12.8. The molecule has 1 aliphatic carbocycles. The molecule has 3 aliphatic heterocycles. The second-order valence-corrected chi connectivity index (χ2v) is 6.00. The quantitative estimate of drug-likeness (QED) is 0.717. The lowest BCUT2D eigenvalue weighted by atomic mass is 9.72. The van der Waals surface area contributed by atoms with Gasteiger partial charge in [0.1, 0.15) is 5.54 Å². The van der Waals surface area contributed by atoms with Gasteiger partial charge in [0.2, 0.25) is 5.91 Å². The first-order chi connectivity index (χ1) is 9.26. The van der Waals surface area contributed by atoms with Gasteiger partial charge in [-0.1, -0.05) is 19.1 Å². The zero-order valence-corrected chi connectivity index (χ0v) is 11.8. The number of ether oxygens (including phenoxy) is 1. The summed E-state index contributed by atoms with van der Waals surface area (Å²) < 4.78 is 5.35. The van der Waals surface area contributed by atoms with Crippen LogP contribution in [0, 0.1) is 5.92 Å². The van der Waals surface area contributed by atoms with E-state index in [0.29, 0.717) is 19.1 Å². The smallest absolute Gasteiger partial charge is 0.243 e. The van der Waals surface area contributed by atoms with Crippen LogP contribution in [-0.4, -0.2) is 60.6 Å². The Bertz CT molecular complexity index is 368. The molecule has 3 saturated heterocycles. The van der Waals surface area contributed by atoms with E-state index in [1.807, 2.05) is 4.90 Å². The predicted octanol–water partition coefficient (Wildman–Crippen LogP) is 1.28. The molecule has 2 bridgehead atoms. The summed E-state index contributed by atoms with van der Waals surface area (Å²) in [6.45, 7) is 7.11. The summed E-state index contributed by atoms with van der Waals surface area (Å²) >= 11 is 0. The molecule has 0 aromatic heterocycles. The van der Waals surface area contributed by atoms with Crippen molar-refractivity contribution in [2.75, 3.05) is 39.4 Å². The molecule has 1 saturated carbocycles. The zero-order chi connectivity index (χ0) is 13.3. The van der Waals surface area contributed by atoms with Crippen molar-refractivity contribution in [2.45, 2.75) is 31.7 Å². The van der Waals surface area contributed by atoms with Crippen LogP contribution in [0.5, 0.6) is 0 Å². The molecule has 0 atom stereocenters. The number of hydrogen-bond acceptors (Lipinski definition) is 3. The lowest BCUT2D eigenvalue weighted by Crippen LogP contribution is -2.60. The van der Waals surface area contributed by atoms with Gasteiger partial charge in [0.15, 0.2) is 0 Å². The van der Waals surface area contributed by atoms with Crippen LogP contribution >= 0.6 is 0 Å². The summed E-state index contributed by atoms with van der Waals surface area (Å²) in [4.78, 5) is 17.2. The molecule has 0 N–H and O–H groups in total. The Balaban J connectivity index is 1.67. The number of nitrogens with zero attached hydrogens (tertiary/aromatic N) is 2. The highest BCUT2D eigenvalue weighted by molar-refractivity contribution is 5.88. The molecule has 4 nitrogen and oxygen atoms in total. The SMILES string of the molecule is CCC=CCN1CC2CC1(C(=O)N1CCOCC1)C2. The van der Waals surface area contributed by atoms with Crippen molar-refractivity contribution in [1.29, 1.82) is 0 Å². The summed E-state index contributed by atoms with van der Waals surface area (Å²) in [7, 11) is 0. The minimum Gasteiger partial charge on any atom is -0.378 e. The van der Waals surface area contributed by atoms with Gasteiger partial charge in [0, 0.05) is 26.2 Å². The molecule has 0 spiro atoms. The predicted molar refractivity (Wildman–Crippen MR) is 73.9 cm³/mol. The van der Waals surface area contributed by atoms with Crippen LogP contribution in [0.2, 0.25) is 0 Å². The molecule has 4 rings (SSSR count). The molecule has 4 heteroatoms. The Morgan fingerprint density at radius 2 is 2.05 bits per heavy atom. The number of hydrogen-bond donors (Lipinski definition) is 0. The third-order valence-corrected chi connectivity index (χ3v) is 4.76. The highest BCUT2D eigenvalue weighted by Crippen LogP contribution is 2.51. The molecule has 106 valence electrons. The monoisotopic (exact) mass is 264 g/mol. The second kappa shape index (κ2) is 5.25. The van der Waals surface area contributed by atoms with E-state index in [1.165, 1.54) is 0 Å². The summed E-state index contributed by atoms with van der Waals surface area (Å²) in [5.74, 6) is 1.11. The van der Waals surface area contributed by atoms with Crippen LogP contribution in [0.3, 0.4) is 0 Å². The van der Waals surface area contributed by atoms with Gasteiger partial charge in [0.05, 0.1) is 13.2 Å². The van der Waals surface area contributed by atoms with Crippen LogP contribution < -0.4 is 0 Å². The van der Waals surface area contributed by atoms with Crippen molar-refractivity contribution in [1.82, 2.24) is 9.80 Å². The Morgan fingerprint density at radius 3 is 2.74 bits per heavy atom. The maximum Gasteiger partial charge on any atom is 0.243 e. The summed E-state index contributed by atoms with van der Waals surface area (Å²) in [6.07, 6.45) is 7.63. The molecular weight excluding hydrogens is 240 g/mol. The number of carbonyl (C=O) groups excluding carboxylic acids is 1. The Labute approximate surface area is 115 Å². The molecule has 0 unspecified atom stereocenters. The largest absolute Gasteiger partial charge is 0.378 e. The average molecular weight is 264 g/mol. The van der Waals surface area contributed by atoms with E-state index < -0.39 is 0 Å². The lowest BCUT2D eigenvalue weighted by Gasteiger charge is -2.44. The highest BCUT2D eigenvalue weighted by atomic mass is 16.5. The third kappa shape index (κ3) is 2.21. The van der Waals surface area contributed by atoms with E-state index >= 15 is 0 Å². The lowest BCUT2D eigenvalue weighted by molar-refractivity contribution is -0.149. The Kier molecular flexibility index (Phi) is 3.63. The van der Waals surface area contributed by atoms with Crippen molar-refractivity contribution in [3.63, 3.8) is 0 Å². The van der Waals surface area contributed by atoms with Crippen LogP contribution in [0.1, 0.15) is 26.2 Å². The van der Waals surface area contributed by atoms with Gasteiger partial charge in [0.25, 0.3) is 0 Å². The van der Waals surface area contributed by atoms with Crippen molar-refractivity contribution in [2.24, 2.45) is 5.92 Å². The minimum absolute atomic E-state index is 0.167. The van der Waals surface area contributed by atoms with E-state index in [1.54, 1.807) is 0 Å². The van der Waals surface area contributed by atoms with Gasteiger partial charge >= 0.3 is 0 Å². The second-order valence-electron chi connectivity index (χ2n) is 6.00. The van der Waals surface area contributed by atoms with E-state index in [0.717, 1.165) is 51.4 Å². The van der Waals surface area contributed by atoms with Crippen molar-refractivity contribution >= 4 is 5.91 Å². The summed E-state index contributed by atoms with van der Waals surface area (Å²) in [5.41, 5.74) is -0.167. The molecule has 0 aromatic carbocycles. The first-order valence-corrected chi connectivity index (χ1v) is 7.53. The summed E-state index contributed by atoms with van der Waals surface area (Å²) in [6, 6.07) is 0. The van der Waals surface area contributed by atoms with Crippen molar-refractivity contribution < 1.29 is 9.53 Å². The molecule has 0 radical (unpaired) electrons. The first-order valence-electron chi connectivity index (χ1n) is 7.53. The van der Waals surface area contributed by atoms with E-state index in [9.17, 15) is 4.79 Å². The first kappa shape index (κ1) is 13.1. The zero-order valence-electron chi connectivity index (χ0n) is 11.8. The van der Waals surface area contributed by atoms with Crippen molar-refractivity contribution in [3.8, 4) is 0 Å². The maximum atomic E-state index is 12.8. The summed E-state index contributed by atoms with van der Waals surface area (Å²) in [5, 5.41) is 0. The van der Waals surface area contributed by atoms with Crippen LogP contribution in [0.15, 0.2) is 12.2 Å². The number of amides is 1. The van der Waals surface area contributed by atoms with E-state index in [-0.39, 0.29) is 5.54 Å². The van der Waals surface area contributed by atoms with Gasteiger partial charge in [-0.15, -0.1) is 0 Å². The highest BCUT2D eigenvalue weighted by Gasteiger charge is 2.61. The number of rotatable bonds is 4. The molecule has 4 aliphatic rings. The molecule has 19 heavy (non-hydrogen) atoms. The van der Waals surface area contributed by atoms with E-state index in [2.05, 4.69) is 24.0 Å². The van der Waals surface area contributed by atoms with Gasteiger partial charge < -0.3 is 9.64 Å². The average Bonchev–Trinajstić information content (AvgIpc) is 2.94. The standard InChI is InChI=1S/C15H24N2O2/c1-2-3-4-5-17-12-13-10-15(17,11-13)14(18)16-6-8-19-9-7-16/h3-4,13H,2,5-12H2,1H3. The molecule has 3 heterocycles. The third-order valence-electron chi connectivity index (χ3n) is 4.76. The fourth-order valence-corrected chi connectivity index (χ4v) is 3.76. The van der Waals surface area contributed by atoms with Crippen LogP contribution in [0.4, 0.5) is 0 Å². The van der Waals surface area contributed by atoms with Gasteiger partial charge in [-0.2, -0.15) is 0 Å². The van der Waals surface area contributed by atoms with Gasteiger partial charge in [-0.3, -0.25) is 9.69 Å². The molecule has 0 aromatic rings. The Hall–Kier alpha value is -0.870. The Morgan fingerprint density at radius 1 is 1.32 bits per heavy atom. The normalized spacial score (nSPS) is 34.8. The van der Waals surface area contributed by atoms with Crippen LogP contribution in [0.25, 0.3) is 0 Å². The van der Waals surface area contributed by atoms with Gasteiger partial charge in [-0.05, 0) is 25.2 Å². The molecule has 1 amide bonds. The van der Waals surface area contributed by atoms with Gasteiger partial charge in [-0.25, -0.2) is 0 Å². The number of allylic oxidation sites excluding steroid dienone is 1. The van der Waals surface area contributed by atoms with Crippen molar-refractivity contribution in [3.05, 3.63) is 12.2 Å². The fourth-order valence-electron chi connectivity index (χ4n) is 3.76. The van der Waals surface area contributed by atoms with E-state index in [4.69, 9.17) is 4.74 Å². The number of fused-ring (bicyclic) bond motifs is 1. The molecule has 4 fully saturated rings. The topological polar surface area (TPSA) is 32.8 Å².